The number of aromatic nitrogens is 1. The normalized spacial score (nSPS) is 17.3. The quantitative estimate of drug-likeness (QED) is 0.225. The summed E-state index contributed by atoms with van der Waals surface area (Å²) in [5, 5.41) is 7.88. The Morgan fingerprint density at radius 2 is 2.14 bits per heavy atom. The number of nitrogens with zero attached hydrogens (tertiary/aromatic N) is 4. The third kappa shape index (κ3) is 7.82. The van der Waals surface area contributed by atoms with Crippen molar-refractivity contribution >= 4 is 47.2 Å². The Bertz CT molecular complexity index is 621. The van der Waals surface area contributed by atoms with Crippen LogP contribution in [-0.4, -0.2) is 80.0 Å². The van der Waals surface area contributed by atoms with E-state index >= 15 is 0 Å². The first-order valence-electron chi connectivity index (χ1n) is 9.88. The van der Waals surface area contributed by atoms with Crippen molar-refractivity contribution in [2.24, 2.45) is 4.99 Å². The number of rotatable bonds is 9. The van der Waals surface area contributed by atoms with Gasteiger partial charge >= 0.3 is 0 Å². The van der Waals surface area contributed by atoms with Gasteiger partial charge in [-0.1, -0.05) is 6.92 Å². The molecule has 0 bridgehead atoms. The van der Waals surface area contributed by atoms with Crippen molar-refractivity contribution in [3.8, 4) is 0 Å². The SMILES string of the molecule is CCc1cnc(CCNC(=NC)NCCCN2CCCC2C(=O)N(C)C)s1.I. The zero-order valence-corrected chi connectivity index (χ0v) is 20.7. The Hall–Kier alpha value is -0.940. The van der Waals surface area contributed by atoms with Gasteiger partial charge < -0.3 is 15.5 Å². The van der Waals surface area contributed by atoms with Crippen LogP contribution < -0.4 is 10.6 Å². The van der Waals surface area contributed by atoms with Gasteiger partial charge in [0.1, 0.15) is 0 Å². The molecule has 0 aliphatic carbocycles. The molecule has 2 rings (SSSR count). The third-order valence-electron chi connectivity index (χ3n) is 4.81. The van der Waals surface area contributed by atoms with Gasteiger partial charge in [0.25, 0.3) is 0 Å². The maximum Gasteiger partial charge on any atom is 0.239 e. The van der Waals surface area contributed by atoms with Crippen LogP contribution in [0.3, 0.4) is 0 Å². The van der Waals surface area contributed by atoms with E-state index in [4.69, 9.17) is 0 Å². The summed E-state index contributed by atoms with van der Waals surface area (Å²) < 4.78 is 0. The summed E-state index contributed by atoms with van der Waals surface area (Å²) in [5.74, 6) is 1.05. The highest BCUT2D eigenvalue weighted by atomic mass is 127. The maximum absolute atomic E-state index is 12.2. The molecule has 1 amide bonds. The van der Waals surface area contributed by atoms with E-state index in [1.165, 1.54) is 9.88 Å². The number of aryl methyl sites for hydroxylation is 1. The van der Waals surface area contributed by atoms with Crippen LogP contribution in [-0.2, 0) is 17.6 Å². The molecule has 0 radical (unpaired) electrons. The largest absolute Gasteiger partial charge is 0.356 e. The number of aliphatic imine (C=N–C) groups is 1. The molecule has 1 unspecified atom stereocenters. The molecular formula is C19H35IN6OS. The van der Waals surface area contributed by atoms with Crippen molar-refractivity contribution in [3.63, 3.8) is 0 Å². The fraction of sp³-hybridized carbons (Fsp3) is 0.737. The van der Waals surface area contributed by atoms with Crippen molar-refractivity contribution in [2.45, 2.75) is 45.1 Å². The number of halogens is 1. The van der Waals surface area contributed by atoms with E-state index in [0.717, 1.165) is 64.2 Å². The molecular weight excluding hydrogens is 487 g/mol. The van der Waals surface area contributed by atoms with Gasteiger partial charge in [-0.05, 0) is 32.2 Å². The molecule has 2 N–H and O–H groups in total. The van der Waals surface area contributed by atoms with Crippen LogP contribution in [0, 0.1) is 0 Å². The van der Waals surface area contributed by atoms with Gasteiger partial charge in [-0.25, -0.2) is 4.98 Å². The van der Waals surface area contributed by atoms with Crippen LogP contribution in [0.1, 0.15) is 36.1 Å². The summed E-state index contributed by atoms with van der Waals surface area (Å²) in [6, 6.07) is 0.0590. The average Bonchev–Trinajstić information content (AvgIpc) is 3.32. The van der Waals surface area contributed by atoms with Crippen molar-refractivity contribution in [3.05, 3.63) is 16.1 Å². The van der Waals surface area contributed by atoms with Gasteiger partial charge in [-0.2, -0.15) is 0 Å². The molecule has 0 spiro atoms. The minimum Gasteiger partial charge on any atom is -0.356 e. The highest BCUT2D eigenvalue weighted by Crippen LogP contribution is 2.18. The molecule has 1 aliphatic heterocycles. The van der Waals surface area contributed by atoms with Crippen molar-refractivity contribution in [1.29, 1.82) is 0 Å². The van der Waals surface area contributed by atoms with Crippen LogP contribution in [0.25, 0.3) is 0 Å². The van der Waals surface area contributed by atoms with Crippen LogP contribution in [0.15, 0.2) is 11.2 Å². The molecule has 1 fully saturated rings. The molecule has 1 aromatic heterocycles. The van der Waals surface area contributed by atoms with Crippen molar-refractivity contribution < 1.29 is 4.79 Å². The summed E-state index contributed by atoms with van der Waals surface area (Å²) in [6.07, 6.45) is 7.01. The number of amides is 1. The predicted octanol–water partition coefficient (Wildman–Crippen LogP) is 1.97. The van der Waals surface area contributed by atoms with E-state index in [1.54, 1.807) is 23.3 Å². The second-order valence-corrected chi connectivity index (χ2v) is 8.23. The number of carbonyl (C=O) groups is 1. The van der Waals surface area contributed by atoms with Crippen LogP contribution in [0.5, 0.6) is 0 Å². The molecule has 28 heavy (non-hydrogen) atoms. The summed E-state index contributed by atoms with van der Waals surface area (Å²) in [5.41, 5.74) is 0. The lowest BCUT2D eigenvalue weighted by Crippen LogP contribution is -2.44. The van der Waals surface area contributed by atoms with Gasteiger partial charge in [0.2, 0.25) is 5.91 Å². The maximum atomic E-state index is 12.2. The third-order valence-corrected chi connectivity index (χ3v) is 6.01. The number of thiazole rings is 1. The Labute approximate surface area is 190 Å². The number of nitrogens with one attached hydrogen (secondary N) is 2. The fourth-order valence-corrected chi connectivity index (χ4v) is 4.16. The molecule has 160 valence electrons. The Kier molecular flexibility index (Phi) is 11.9. The number of guanidine groups is 1. The zero-order valence-electron chi connectivity index (χ0n) is 17.5. The van der Waals surface area contributed by atoms with Crippen LogP contribution >= 0.6 is 35.3 Å². The van der Waals surface area contributed by atoms with Crippen LogP contribution in [0.4, 0.5) is 0 Å². The summed E-state index contributed by atoms with van der Waals surface area (Å²) in [4.78, 5) is 26.3. The molecule has 1 aliphatic rings. The minimum atomic E-state index is 0. The second-order valence-electron chi connectivity index (χ2n) is 7.03. The molecule has 7 nitrogen and oxygen atoms in total. The van der Waals surface area contributed by atoms with E-state index in [-0.39, 0.29) is 35.9 Å². The lowest BCUT2D eigenvalue weighted by molar-refractivity contribution is -0.133. The molecule has 2 heterocycles. The average molecular weight is 523 g/mol. The standard InChI is InChI=1S/C19H34N6OS.HI/c1-5-15-14-23-17(27-15)9-11-22-19(20-2)21-10-7-13-25-12-6-8-16(25)18(26)24(3)4;/h14,16H,5-13H2,1-4H3,(H2,20,21,22);1H. The Morgan fingerprint density at radius 1 is 1.39 bits per heavy atom. The van der Waals surface area contributed by atoms with Gasteiger partial charge in [0.15, 0.2) is 5.96 Å². The first-order chi connectivity index (χ1) is 13.0. The topological polar surface area (TPSA) is 72.9 Å². The first kappa shape index (κ1) is 25.1. The second kappa shape index (κ2) is 13.3. The smallest absolute Gasteiger partial charge is 0.239 e. The summed E-state index contributed by atoms with van der Waals surface area (Å²) in [6.45, 7) is 5.78. The number of carbonyl (C=O) groups excluding carboxylic acids is 1. The monoisotopic (exact) mass is 522 g/mol. The molecule has 0 saturated carbocycles. The molecule has 1 saturated heterocycles. The molecule has 0 aromatic carbocycles. The van der Waals surface area contributed by atoms with E-state index in [2.05, 4.69) is 32.4 Å². The number of hydrogen-bond donors (Lipinski definition) is 2. The highest BCUT2D eigenvalue weighted by Gasteiger charge is 2.30. The molecule has 1 atom stereocenters. The summed E-state index contributed by atoms with van der Waals surface area (Å²) >= 11 is 1.78. The van der Waals surface area contributed by atoms with Crippen molar-refractivity contribution in [1.82, 2.24) is 25.4 Å². The van der Waals surface area contributed by atoms with E-state index in [9.17, 15) is 4.79 Å². The van der Waals surface area contributed by atoms with Gasteiger partial charge in [-0.15, -0.1) is 35.3 Å². The van der Waals surface area contributed by atoms with Gasteiger partial charge in [-0.3, -0.25) is 14.7 Å². The predicted molar refractivity (Wildman–Crippen MR) is 128 cm³/mol. The molecule has 1 aromatic rings. The number of likely N-dealkylation sites (tertiary alicyclic amines) is 1. The lowest BCUT2D eigenvalue weighted by atomic mass is 10.2. The minimum absolute atomic E-state index is 0. The highest BCUT2D eigenvalue weighted by molar-refractivity contribution is 14.0. The zero-order chi connectivity index (χ0) is 19.6. The van der Waals surface area contributed by atoms with Gasteiger partial charge in [0, 0.05) is 58.3 Å². The first-order valence-corrected chi connectivity index (χ1v) is 10.7. The van der Waals surface area contributed by atoms with E-state index in [1.807, 2.05) is 20.3 Å². The summed E-state index contributed by atoms with van der Waals surface area (Å²) in [7, 11) is 5.47. The Morgan fingerprint density at radius 3 is 2.79 bits per heavy atom. The Balaban J connectivity index is 0.00000392. The van der Waals surface area contributed by atoms with Gasteiger partial charge in [0.05, 0.1) is 11.0 Å². The fourth-order valence-electron chi connectivity index (χ4n) is 3.30. The van der Waals surface area contributed by atoms with E-state index < -0.39 is 0 Å². The number of likely N-dealkylation sites (N-methyl/N-ethyl adjacent to an activating group) is 1. The van der Waals surface area contributed by atoms with Crippen molar-refractivity contribution in [2.75, 3.05) is 47.3 Å². The molecule has 9 heteroatoms. The number of hydrogen-bond acceptors (Lipinski definition) is 5. The lowest BCUT2D eigenvalue weighted by Gasteiger charge is -2.26. The van der Waals surface area contributed by atoms with Crippen LogP contribution in [0.2, 0.25) is 0 Å². The van der Waals surface area contributed by atoms with E-state index in [0.29, 0.717) is 0 Å².